The molecule has 1 aromatic carbocycles. The number of benzene rings is 1. The van der Waals surface area contributed by atoms with Crippen LogP contribution in [0.5, 0.6) is 0 Å². The summed E-state index contributed by atoms with van der Waals surface area (Å²) >= 11 is 1.84. The minimum Gasteiger partial charge on any atom is -0.469 e. The summed E-state index contributed by atoms with van der Waals surface area (Å²) in [7, 11) is 1.73. The van der Waals surface area contributed by atoms with Gasteiger partial charge < -0.3 is 19.8 Å². The van der Waals surface area contributed by atoms with Gasteiger partial charge >= 0.3 is 0 Å². The molecule has 2 rings (SSSR count). The van der Waals surface area contributed by atoms with Crippen LogP contribution in [0.3, 0.4) is 0 Å². The molecule has 0 saturated heterocycles. The van der Waals surface area contributed by atoms with Gasteiger partial charge in [-0.15, -0.1) is 35.7 Å². The molecule has 1 aromatic heterocycles. The van der Waals surface area contributed by atoms with Gasteiger partial charge in [0.05, 0.1) is 6.26 Å². The fourth-order valence-electron chi connectivity index (χ4n) is 2.34. The number of thioether (sulfide) groups is 1. The first-order valence-corrected chi connectivity index (χ1v) is 10.1. The number of methoxy groups -OCH3 is 1. The first kappa shape index (κ1) is 23.8. The van der Waals surface area contributed by atoms with Gasteiger partial charge in [0.2, 0.25) is 0 Å². The maximum absolute atomic E-state index is 5.37. The van der Waals surface area contributed by atoms with Crippen molar-refractivity contribution in [2.75, 3.05) is 39.1 Å². The lowest BCUT2D eigenvalue weighted by molar-refractivity contribution is 0.193. The number of aliphatic imine (C=N–C) groups is 1. The Labute approximate surface area is 183 Å². The molecule has 0 unspecified atom stereocenters. The van der Waals surface area contributed by atoms with Crippen molar-refractivity contribution in [3.8, 4) is 0 Å². The molecular weight excluding hydrogens is 473 g/mol. The van der Waals surface area contributed by atoms with Gasteiger partial charge in [0.25, 0.3) is 0 Å². The fraction of sp³-hybridized carbons (Fsp3) is 0.450. The number of ether oxygens (including phenoxy) is 1. The van der Waals surface area contributed by atoms with Gasteiger partial charge in [0.1, 0.15) is 5.76 Å². The highest BCUT2D eigenvalue weighted by atomic mass is 127. The van der Waals surface area contributed by atoms with Gasteiger partial charge in [-0.2, -0.15) is 0 Å². The van der Waals surface area contributed by atoms with Crippen LogP contribution in [-0.2, 0) is 11.2 Å². The van der Waals surface area contributed by atoms with E-state index in [0.717, 1.165) is 63.0 Å². The zero-order valence-electron chi connectivity index (χ0n) is 15.9. The second-order valence-electron chi connectivity index (χ2n) is 5.77. The zero-order valence-corrected chi connectivity index (χ0v) is 19.0. The third kappa shape index (κ3) is 11.3. The van der Waals surface area contributed by atoms with E-state index in [1.807, 2.05) is 30.0 Å². The summed E-state index contributed by atoms with van der Waals surface area (Å²) in [6.45, 7) is 3.25. The number of halogens is 1. The Morgan fingerprint density at radius 3 is 2.63 bits per heavy atom. The fourth-order valence-corrected chi connectivity index (χ4v) is 3.13. The smallest absolute Gasteiger partial charge is 0.191 e. The largest absolute Gasteiger partial charge is 0.469 e. The third-order valence-corrected chi connectivity index (χ3v) is 4.69. The van der Waals surface area contributed by atoms with Crippen LogP contribution in [0.4, 0.5) is 0 Å². The number of guanidine groups is 1. The Balaban J connectivity index is 0.00000364. The lowest BCUT2D eigenvalue weighted by Crippen LogP contribution is -2.39. The lowest BCUT2D eigenvalue weighted by atomic mass is 10.3. The van der Waals surface area contributed by atoms with E-state index in [2.05, 4.69) is 39.9 Å². The molecule has 150 valence electrons. The molecule has 0 spiro atoms. The molecule has 5 nitrogen and oxygen atoms in total. The normalized spacial score (nSPS) is 11.1. The van der Waals surface area contributed by atoms with Gasteiger partial charge in [-0.1, -0.05) is 18.2 Å². The van der Waals surface area contributed by atoms with E-state index in [0.29, 0.717) is 0 Å². The Morgan fingerprint density at radius 1 is 1.07 bits per heavy atom. The van der Waals surface area contributed by atoms with Crippen molar-refractivity contribution in [1.82, 2.24) is 10.6 Å². The average molecular weight is 503 g/mol. The van der Waals surface area contributed by atoms with Gasteiger partial charge in [-0.05, 0) is 37.1 Å². The molecule has 0 aliphatic rings. The van der Waals surface area contributed by atoms with Crippen molar-refractivity contribution in [1.29, 1.82) is 0 Å². The summed E-state index contributed by atoms with van der Waals surface area (Å²) in [6.07, 6.45) is 4.61. The number of nitrogens with one attached hydrogen (secondary N) is 2. The van der Waals surface area contributed by atoms with E-state index in [-0.39, 0.29) is 24.0 Å². The second kappa shape index (κ2) is 15.8. The molecule has 0 atom stereocenters. The first-order valence-electron chi connectivity index (χ1n) is 9.10. The minimum atomic E-state index is 0. The molecule has 7 heteroatoms. The monoisotopic (exact) mass is 503 g/mol. The van der Waals surface area contributed by atoms with Crippen LogP contribution in [0.1, 0.15) is 18.6 Å². The maximum atomic E-state index is 5.37. The predicted octanol–water partition coefficient (Wildman–Crippen LogP) is 4.19. The SMILES string of the molecule is COCCCCN=C(NCCSc1ccccc1)NCCc1ccco1.I. The molecule has 0 bridgehead atoms. The van der Waals surface area contributed by atoms with Crippen LogP contribution in [0.15, 0.2) is 63.0 Å². The van der Waals surface area contributed by atoms with Crippen LogP contribution < -0.4 is 10.6 Å². The highest BCUT2D eigenvalue weighted by Gasteiger charge is 2.01. The predicted molar refractivity (Wildman–Crippen MR) is 124 cm³/mol. The van der Waals surface area contributed by atoms with Crippen LogP contribution in [-0.4, -0.2) is 45.1 Å². The van der Waals surface area contributed by atoms with E-state index in [9.17, 15) is 0 Å². The third-order valence-electron chi connectivity index (χ3n) is 3.68. The van der Waals surface area contributed by atoms with Gasteiger partial charge in [0.15, 0.2) is 5.96 Å². The van der Waals surface area contributed by atoms with Crippen LogP contribution >= 0.6 is 35.7 Å². The van der Waals surface area contributed by atoms with E-state index in [1.165, 1.54) is 4.90 Å². The van der Waals surface area contributed by atoms with Crippen molar-refractivity contribution < 1.29 is 9.15 Å². The summed E-state index contributed by atoms with van der Waals surface area (Å²) in [5.41, 5.74) is 0. The van der Waals surface area contributed by atoms with Crippen molar-refractivity contribution in [2.45, 2.75) is 24.2 Å². The zero-order chi connectivity index (χ0) is 18.3. The topological polar surface area (TPSA) is 58.8 Å². The van der Waals surface area contributed by atoms with Crippen LogP contribution in [0.2, 0.25) is 0 Å². The van der Waals surface area contributed by atoms with Crippen molar-refractivity contribution in [3.05, 3.63) is 54.5 Å². The molecular formula is C20H30IN3O2S. The van der Waals surface area contributed by atoms with Crippen molar-refractivity contribution in [2.24, 2.45) is 4.99 Å². The van der Waals surface area contributed by atoms with Crippen molar-refractivity contribution in [3.63, 3.8) is 0 Å². The first-order chi connectivity index (χ1) is 12.9. The number of furan rings is 1. The highest BCUT2D eigenvalue weighted by Crippen LogP contribution is 2.15. The number of hydrogen-bond acceptors (Lipinski definition) is 4. The molecule has 0 amide bonds. The van der Waals surface area contributed by atoms with Crippen molar-refractivity contribution >= 4 is 41.7 Å². The van der Waals surface area contributed by atoms with E-state index >= 15 is 0 Å². The summed E-state index contributed by atoms with van der Waals surface area (Å²) in [5, 5.41) is 6.80. The number of unbranched alkanes of at least 4 members (excludes halogenated alkanes) is 1. The van der Waals surface area contributed by atoms with Gasteiger partial charge in [-0.3, -0.25) is 4.99 Å². The Morgan fingerprint density at radius 2 is 1.89 bits per heavy atom. The lowest BCUT2D eigenvalue weighted by Gasteiger charge is -2.12. The molecule has 0 aliphatic carbocycles. The molecule has 2 N–H and O–H groups in total. The summed E-state index contributed by atoms with van der Waals surface area (Å²) < 4.78 is 10.5. The van der Waals surface area contributed by atoms with E-state index < -0.39 is 0 Å². The molecule has 0 fully saturated rings. The Kier molecular flexibility index (Phi) is 14.0. The van der Waals surface area contributed by atoms with E-state index in [1.54, 1.807) is 13.4 Å². The summed E-state index contributed by atoms with van der Waals surface area (Å²) in [6, 6.07) is 14.4. The van der Waals surface area contributed by atoms with Gasteiger partial charge in [0, 0.05) is 50.4 Å². The molecule has 0 saturated carbocycles. The molecule has 0 aliphatic heterocycles. The van der Waals surface area contributed by atoms with Crippen LogP contribution in [0.25, 0.3) is 0 Å². The Bertz CT molecular complexity index is 609. The molecule has 0 radical (unpaired) electrons. The molecule has 2 aromatic rings. The summed E-state index contributed by atoms with van der Waals surface area (Å²) in [4.78, 5) is 5.95. The van der Waals surface area contributed by atoms with E-state index in [4.69, 9.17) is 9.15 Å². The molecule has 1 heterocycles. The maximum Gasteiger partial charge on any atom is 0.191 e. The molecule has 27 heavy (non-hydrogen) atoms. The summed E-state index contributed by atoms with van der Waals surface area (Å²) in [5.74, 6) is 2.84. The Hall–Kier alpha value is -1.19. The van der Waals surface area contributed by atoms with Crippen LogP contribution in [0, 0.1) is 0 Å². The average Bonchev–Trinajstić information content (AvgIpc) is 3.19. The number of rotatable bonds is 12. The standard InChI is InChI=1S/C20H29N3O2S.HI/c1-24-15-6-5-12-21-20(22-13-11-18-8-7-16-25-18)23-14-17-26-19-9-3-2-4-10-19;/h2-4,7-10,16H,5-6,11-15,17H2,1H3,(H2,21,22,23);1H. The quantitative estimate of drug-likeness (QED) is 0.150. The number of hydrogen-bond donors (Lipinski definition) is 2. The highest BCUT2D eigenvalue weighted by molar-refractivity contribution is 14.0. The second-order valence-corrected chi connectivity index (χ2v) is 6.94. The van der Waals surface area contributed by atoms with Gasteiger partial charge in [-0.25, -0.2) is 0 Å². The number of nitrogens with zero attached hydrogens (tertiary/aromatic N) is 1. The minimum absolute atomic E-state index is 0.